The van der Waals surface area contributed by atoms with Crippen LogP contribution in [0.3, 0.4) is 0 Å². The fourth-order valence-corrected chi connectivity index (χ4v) is 6.94. The van der Waals surface area contributed by atoms with E-state index in [4.69, 9.17) is 4.74 Å². The van der Waals surface area contributed by atoms with Crippen LogP contribution >= 0.6 is 0 Å². The summed E-state index contributed by atoms with van der Waals surface area (Å²) in [6.45, 7) is 10.1. The van der Waals surface area contributed by atoms with Crippen molar-refractivity contribution in [3.05, 3.63) is 0 Å². The van der Waals surface area contributed by atoms with Gasteiger partial charge in [-0.3, -0.25) is 9.80 Å². The second-order valence-corrected chi connectivity index (χ2v) is 9.77. The van der Waals surface area contributed by atoms with Crippen molar-refractivity contribution < 1.29 is 4.74 Å². The van der Waals surface area contributed by atoms with Crippen molar-refractivity contribution in [2.75, 3.05) is 13.1 Å². The zero-order chi connectivity index (χ0) is 15.8. The van der Waals surface area contributed by atoms with Crippen molar-refractivity contribution in [3.63, 3.8) is 0 Å². The summed E-state index contributed by atoms with van der Waals surface area (Å²) in [5.74, 6) is 2.45. The molecule has 3 nitrogen and oxygen atoms in total. The molecule has 23 heavy (non-hydrogen) atoms. The van der Waals surface area contributed by atoms with Gasteiger partial charge in [0.1, 0.15) is 6.23 Å². The first kappa shape index (κ1) is 15.2. The largest absolute Gasteiger partial charge is 0.358 e. The van der Waals surface area contributed by atoms with Crippen LogP contribution in [0.4, 0.5) is 0 Å². The molecule has 1 aliphatic carbocycles. The maximum atomic E-state index is 6.87. The minimum Gasteiger partial charge on any atom is -0.358 e. The lowest BCUT2D eigenvalue weighted by atomic mass is 9.70. The highest BCUT2D eigenvalue weighted by Gasteiger charge is 2.61. The average molecular weight is 319 g/mol. The third-order valence-electron chi connectivity index (χ3n) is 8.16. The predicted molar refractivity (Wildman–Crippen MR) is 92.2 cm³/mol. The van der Waals surface area contributed by atoms with Crippen LogP contribution < -0.4 is 0 Å². The van der Waals surface area contributed by atoms with E-state index >= 15 is 0 Å². The maximum Gasteiger partial charge on any atom is 0.127 e. The Kier molecular flexibility index (Phi) is 3.42. The summed E-state index contributed by atoms with van der Waals surface area (Å²) in [6, 6.07) is 1.56. The third-order valence-corrected chi connectivity index (χ3v) is 8.16. The van der Waals surface area contributed by atoms with Crippen LogP contribution in [0.15, 0.2) is 0 Å². The molecule has 0 aromatic rings. The van der Waals surface area contributed by atoms with E-state index in [0.29, 0.717) is 23.9 Å². The maximum absolute atomic E-state index is 6.87. The molecular formula is C20H34N2O. The Bertz CT molecular complexity index is 478. The van der Waals surface area contributed by atoms with Crippen molar-refractivity contribution >= 4 is 0 Å². The van der Waals surface area contributed by atoms with Gasteiger partial charge in [0.05, 0.1) is 12.1 Å². The van der Waals surface area contributed by atoms with Crippen molar-refractivity contribution in [1.29, 1.82) is 0 Å². The second-order valence-electron chi connectivity index (χ2n) is 9.77. The second kappa shape index (κ2) is 5.19. The third kappa shape index (κ3) is 2.12. The first-order valence-electron chi connectivity index (χ1n) is 10.2. The summed E-state index contributed by atoms with van der Waals surface area (Å²) in [7, 11) is 0. The van der Waals surface area contributed by atoms with E-state index in [2.05, 4.69) is 30.6 Å². The molecule has 0 bridgehead atoms. The summed E-state index contributed by atoms with van der Waals surface area (Å²) >= 11 is 0. The van der Waals surface area contributed by atoms with Crippen molar-refractivity contribution in [1.82, 2.24) is 9.80 Å². The number of ether oxygens (including phenoxy) is 1. The predicted octanol–water partition coefficient (Wildman–Crippen LogP) is 3.48. The zero-order valence-electron chi connectivity index (χ0n) is 15.2. The van der Waals surface area contributed by atoms with Gasteiger partial charge in [-0.05, 0) is 64.3 Å². The molecule has 5 aliphatic rings. The smallest absolute Gasteiger partial charge is 0.127 e. The van der Waals surface area contributed by atoms with Crippen LogP contribution in [-0.4, -0.2) is 52.8 Å². The first-order valence-corrected chi connectivity index (χ1v) is 10.2. The zero-order valence-corrected chi connectivity index (χ0v) is 15.2. The summed E-state index contributed by atoms with van der Waals surface area (Å²) in [4.78, 5) is 5.64. The van der Waals surface area contributed by atoms with Crippen LogP contribution in [0.1, 0.15) is 65.7 Å². The molecule has 0 radical (unpaired) electrons. The quantitative estimate of drug-likeness (QED) is 0.680. The topological polar surface area (TPSA) is 15.7 Å². The number of piperidine rings is 1. The van der Waals surface area contributed by atoms with Crippen molar-refractivity contribution in [3.8, 4) is 0 Å². The van der Waals surface area contributed by atoms with Gasteiger partial charge < -0.3 is 4.74 Å². The van der Waals surface area contributed by atoms with Crippen LogP contribution in [0, 0.1) is 17.8 Å². The number of hydrogen-bond acceptors (Lipinski definition) is 3. The number of fused-ring (bicyclic) bond motifs is 6. The Balaban J connectivity index is 1.44. The average Bonchev–Trinajstić information content (AvgIpc) is 3.04. The monoisotopic (exact) mass is 318 g/mol. The molecule has 0 spiro atoms. The Morgan fingerprint density at radius 3 is 2.78 bits per heavy atom. The summed E-state index contributed by atoms with van der Waals surface area (Å²) in [5.41, 5.74) is 0.323. The van der Waals surface area contributed by atoms with E-state index in [-0.39, 0.29) is 0 Å². The highest BCUT2D eigenvalue weighted by molar-refractivity contribution is 5.11. The minimum absolute atomic E-state index is 0.323. The fourth-order valence-electron chi connectivity index (χ4n) is 6.94. The molecule has 5 fully saturated rings. The molecule has 4 aliphatic heterocycles. The standard InChI is InChI=1S/C20H34N2O/c1-13-7-8-16-17(10-13)23-19-18-14(12-22(19)20(16,2)3)11-15-6-4-5-9-21(15)18/h13-19H,4-12H2,1-3H3/t13-,14-,15+,16-,17-,18-,19+/m1/s1. The van der Waals surface area contributed by atoms with Crippen LogP contribution in [0.5, 0.6) is 0 Å². The van der Waals surface area contributed by atoms with Gasteiger partial charge in [-0.2, -0.15) is 0 Å². The lowest BCUT2D eigenvalue weighted by Crippen LogP contribution is -2.65. The lowest BCUT2D eigenvalue weighted by Gasteiger charge is -2.56. The molecule has 7 atom stereocenters. The molecule has 1 saturated carbocycles. The summed E-state index contributed by atoms with van der Waals surface area (Å²) in [5, 5.41) is 0. The summed E-state index contributed by atoms with van der Waals surface area (Å²) in [6.07, 6.45) is 10.7. The molecule has 0 aromatic heterocycles. The van der Waals surface area contributed by atoms with Gasteiger partial charge in [-0.25, -0.2) is 0 Å². The lowest BCUT2D eigenvalue weighted by molar-refractivity contribution is -0.231. The number of rotatable bonds is 0. The van der Waals surface area contributed by atoms with Gasteiger partial charge in [0.15, 0.2) is 0 Å². The highest BCUT2D eigenvalue weighted by atomic mass is 16.5. The van der Waals surface area contributed by atoms with Crippen molar-refractivity contribution in [2.24, 2.45) is 17.8 Å². The van der Waals surface area contributed by atoms with Gasteiger partial charge in [-0.1, -0.05) is 19.8 Å². The van der Waals surface area contributed by atoms with E-state index in [9.17, 15) is 0 Å². The van der Waals surface area contributed by atoms with Gasteiger partial charge >= 0.3 is 0 Å². The Labute approximate surface area is 141 Å². The van der Waals surface area contributed by atoms with E-state index in [1.807, 2.05) is 0 Å². The molecular weight excluding hydrogens is 284 g/mol. The van der Waals surface area contributed by atoms with Crippen LogP contribution in [0.2, 0.25) is 0 Å². The van der Waals surface area contributed by atoms with E-state index in [1.165, 1.54) is 58.0 Å². The molecule has 0 aromatic carbocycles. The first-order chi connectivity index (χ1) is 11.1. The Hall–Kier alpha value is -0.120. The Morgan fingerprint density at radius 1 is 1.04 bits per heavy atom. The molecule has 0 amide bonds. The minimum atomic E-state index is 0.323. The molecule has 5 rings (SSSR count). The molecule has 4 saturated heterocycles. The highest BCUT2D eigenvalue weighted by Crippen LogP contribution is 2.52. The van der Waals surface area contributed by atoms with Gasteiger partial charge in [0, 0.05) is 24.0 Å². The number of nitrogens with zero attached hydrogens (tertiary/aromatic N) is 2. The molecule has 0 unspecified atom stereocenters. The van der Waals surface area contributed by atoms with Crippen LogP contribution in [-0.2, 0) is 4.74 Å². The SMILES string of the molecule is C[C@@H]1CC[C@@H]2[C@@H](C1)O[C@H]1[C@H]3[C@H](C[C@@H]4CCCCN43)CN1C2(C)C. The molecule has 130 valence electrons. The molecule has 0 N–H and O–H groups in total. The Morgan fingerprint density at radius 2 is 1.91 bits per heavy atom. The van der Waals surface area contributed by atoms with Crippen molar-refractivity contribution in [2.45, 2.75) is 95.7 Å². The molecule has 3 heteroatoms. The number of hydrogen-bond donors (Lipinski definition) is 0. The van der Waals surface area contributed by atoms with Gasteiger partial charge in [-0.15, -0.1) is 0 Å². The van der Waals surface area contributed by atoms with Crippen LogP contribution in [0.25, 0.3) is 0 Å². The van der Waals surface area contributed by atoms with E-state index < -0.39 is 0 Å². The normalized spacial score (nSPS) is 52.6. The summed E-state index contributed by atoms with van der Waals surface area (Å²) < 4.78 is 6.87. The van der Waals surface area contributed by atoms with Gasteiger partial charge in [0.25, 0.3) is 0 Å². The van der Waals surface area contributed by atoms with Gasteiger partial charge in [0.2, 0.25) is 0 Å². The molecule has 4 heterocycles. The fraction of sp³-hybridized carbons (Fsp3) is 1.00. The van der Waals surface area contributed by atoms with E-state index in [0.717, 1.165) is 23.8 Å². The van der Waals surface area contributed by atoms with E-state index in [1.54, 1.807) is 0 Å².